The van der Waals surface area contributed by atoms with Crippen LogP contribution in [0, 0.1) is 18.2 Å². The minimum atomic E-state index is -0.477. The summed E-state index contributed by atoms with van der Waals surface area (Å²) in [5.41, 5.74) is 1.98. The van der Waals surface area contributed by atoms with Crippen LogP contribution >= 0.6 is 0 Å². The summed E-state index contributed by atoms with van der Waals surface area (Å²) >= 11 is 0. The molecule has 0 N–H and O–H groups in total. The van der Waals surface area contributed by atoms with E-state index in [9.17, 15) is 9.18 Å². The second-order valence-corrected chi connectivity index (χ2v) is 6.40. The van der Waals surface area contributed by atoms with Gasteiger partial charge in [-0.05, 0) is 60.2 Å². The largest absolute Gasteiger partial charge is 0.494 e. The Labute approximate surface area is 172 Å². The van der Waals surface area contributed by atoms with Crippen molar-refractivity contribution in [3.8, 4) is 23.8 Å². The van der Waals surface area contributed by atoms with Gasteiger partial charge in [0.25, 0.3) is 5.56 Å². The van der Waals surface area contributed by atoms with E-state index in [1.165, 1.54) is 23.8 Å². The minimum absolute atomic E-state index is 0.158. The Morgan fingerprint density at radius 3 is 2.63 bits per heavy atom. The predicted octanol–water partition coefficient (Wildman–Crippen LogP) is 4.08. The lowest BCUT2D eigenvalue weighted by molar-refractivity contribution is 0.386. The van der Waals surface area contributed by atoms with Crippen LogP contribution in [0.3, 0.4) is 0 Å². The highest BCUT2D eigenvalue weighted by atomic mass is 19.1. The Morgan fingerprint density at radius 1 is 1.13 bits per heavy atom. The molecule has 0 radical (unpaired) electrons. The molecule has 2 aromatic heterocycles. The lowest BCUT2D eigenvalue weighted by atomic mass is 10.2. The molecule has 30 heavy (non-hydrogen) atoms. The third-order valence-electron chi connectivity index (χ3n) is 4.56. The molecule has 0 saturated heterocycles. The van der Waals surface area contributed by atoms with Gasteiger partial charge in [-0.2, -0.15) is 0 Å². The van der Waals surface area contributed by atoms with Crippen LogP contribution < -0.4 is 10.3 Å². The molecule has 0 aliphatic rings. The summed E-state index contributed by atoms with van der Waals surface area (Å²) in [4.78, 5) is 21.9. The summed E-state index contributed by atoms with van der Waals surface area (Å²) in [5.74, 6) is 2.59. The standard InChI is InChI=1S/C24H16FN3O2/c1-3-16-6-10-18(11-7-16)28-22(27-23-19(24(28)29)5-4-14-26-23)13-9-17-8-12-21(30-2)20(25)15-17/h1,4-15H,2H3/b13-9+. The van der Waals surface area contributed by atoms with E-state index in [2.05, 4.69) is 15.9 Å². The highest BCUT2D eigenvalue weighted by Crippen LogP contribution is 2.20. The Hall–Kier alpha value is -4.24. The number of ether oxygens (including phenoxy) is 1. The first-order valence-electron chi connectivity index (χ1n) is 9.07. The third kappa shape index (κ3) is 3.56. The van der Waals surface area contributed by atoms with Crippen molar-refractivity contribution in [3.05, 3.63) is 93.9 Å². The first kappa shape index (κ1) is 19.1. The quantitative estimate of drug-likeness (QED) is 0.487. The van der Waals surface area contributed by atoms with Gasteiger partial charge in [0.05, 0.1) is 18.2 Å². The maximum absolute atomic E-state index is 14.0. The van der Waals surface area contributed by atoms with E-state index in [1.54, 1.807) is 60.8 Å². The fourth-order valence-electron chi connectivity index (χ4n) is 3.06. The minimum Gasteiger partial charge on any atom is -0.494 e. The number of halogens is 1. The SMILES string of the molecule is C#Cc1ccc(-n2c(/C=C/c3ccc(OC)c(F)c3)nc3ncccc3c2=O)cc1. The molecule has 0 fully saturated rings. The molecule has 0 atom stereocenters. The van der Waals surface area contributed by atoms with Crippen LogP contribution in [0.15, 0.2) is 65.6 Å². The molecule has 2 heterocycles. The molecule has 6 heteroatoms. The molecule has 146 valence electrons. The van der Waals surface area contributed by atoms with Crippen LogP contribution in [-0.4, -0.2) is 21.6 Å². The van der Waals surface area contributed by atoms with E-state index in [1.807, 2.05) is 0 Å². The fourth-order valence-corrected chi connectivity index (χ4v) is 3.06. The molecule has 0 aliphatic carbocycles. The van der Waals surface area contributed by atoms with Crippen LogP contribution in [0.25, 0.3) is 28.9 Å². The maximum Gasteiger partial charge on any atom is 0.267 e. The summed E-state index contributed by atoms with van der Waals surface area (Å²) in [6.07, 6.45) is 10.3. The molecule has 5 nitrogen and oxygen atoms in total. The van der Waals surface area contributed by atoms with Crippen LogP contribution in [-0.2, 0) is 0 Å². The number of pyridine rings is 1. The normalized spacial score (nSPS) is 11.0. The van der Waals surface area contributed by atoms with Gasteiger partial charge in [-0.3, -0.25) is 9.36 Å². The Kier molecular flexibility index (Phi) is 5.10. The maximum atomic E-state index is 14.0. The topological polar surface area (TPSA) is 57.0 Å². The zero-order valence-corrected chi connectivity index (χ0v) is 16.0. The van der Waals surface area contributed by atoms with Gasteiger partial charge in [-0.25, -0.2) is 14.4 Å². The number of fused-ring (bicyclic) bond motifs is 1. The number of nitrogens with zero attached hydrogens (tertiary/aromatic N) is 3. The Bertz CT molecular complexity index is 1370. The predicted molar refractivity (Wildman–Crippen MR) is 115 cm³/mol. The molecule has 2 aromatic carbocycles. The molecular formula is C24H16FN3O2. The summed E-state index contributed by atoms with van der Waals surface area (Å²) in [5, 5.41) is 0.395. The summed E-state index contributed by atoms with van der Waals surface area (Å²) in [7, 11) is 1.41. The molecule has 0 bridgehead atoms. The molecular weight excluding hydrogens is 381 g/mol. The first-order chi connectivity index (χ1) is 14.6. The summed E-state index contributed by atoms with van der Waals surface area (Å²) in [6.45, 7) is 0. The van der Waals surface area contributed by atoms with E-state index < -0.39 is 5.82 Å². The third-order valence-corrected chi connectivity index (χ3v) is 4.56. The zero-order valence-electron chi connectivity index (χ0n) is 16.0. The average Bonchev–Trinajstić information content (AvgIpc) is 2.78. The van der Waals surface area contributed by atoms with Crippen LogP contribution in [0.4, 0.5) is 4.39 Å². The smallest absolute Gasteiger partial charge is 0.267 e. The van der Waals surface area contributed by atoms with Crippen molar-refractivity contribution in [2.24, 2.45) is 0 Å². The van der Waals surface area contributed by atoms with Crippen LogP contribution in [0.2, 0.25) is 0 Å². The van der Waals surface area contributed by atoms with Crippen LogP contribution in [0.1, 0.15) is 17.0 Å². The van der Waals surface area contributed by atoms with E-state index >= 15 is 0 Å². The van der Waals surface area contributed by atoms with Crippen molar-refractivity contribution in [2.45, 2.75) is 0 Å². The van der Waals surface area contributed by atoms with Crippen LogP contribution in [0.5, 0.6) is 5.75 Å². The molecule has 0 aliphatic heterocycles. The number of methoxy groups -OCH3 is 1. The molecule has 0 saturated carbocycles. The van der Waals surface area contributed by atoms with E-state index in [0.717, 1.165) is 0 Å². The number of benzene rings is 2. The monoisotopic (exact) mass is 397 g/mol. The second-order valence-electron chi connectivity index (χ2n) is 6.40. The van der Waals surface area contributed by atoms with E-state index in [0.29, 0.717) is 33.7 Å². The fraction of sp³-hybridized carbons (Fsp3) is 0.0417. The highest BCUT2D eigenvalue weighted by molar-refractivity contribution is 5.77. The number of terminal acetylenes is 1. The molecule has 4 rings (SSSR count). The van der Waals surface area contributed by atoms with Crippen molar-refractivity contribution in [1.82, 2.24) is 14.5 Å². The number of hydrogen-bond donors (Lipinski definition) is 0. The molecule has 0 spiro atoms. The van der Waals surface area contributed by atoms with Gasteiger partial charge >= 0.3 is 0 Å². The second kappa shape index (κ2) is 8.02. The van der Waals surface area contributed by atoms with E-state index in [4.69, 9.17) is 11.2 Å². The number of aromatic nitrogens is 3. The average molecular weight is 397 g/mol. The zero-order chi connectivity index (χ0) is 21.1. The Balaban J connectivity index is 1.88. The van der Waals surface area contributed by atoms with Crippen molar-refractivity contribution >= 4 is 23.2 Å². The van der Waals surface area contributed by atoms with Crippen molar-refractivity contribution in [2.75, 3.05) is 7.11 Å². The first-order valence-corrected chi connectivity index (χ1v) is 9.07. The van der Waals surface area contributed by atoms with Crippen molar-refractivity contribution in [1.29, 1.82) is 0 Å². The highest BCUT2D eigenvalue weighted by Gasteiger charge is 2.12. The van der Waals surface area contributed by atoms with Gasteiger partial charge < -0.3 is 4.74 Å². The summed E-state index contributed by atoms with van der Waals surface area (Å²) in [6, 6.07) is 15.0. The van der Waals surface area contributed by atoms with Crippen molar-refractivity contribution in [3.63, 3.8) is 0 Å². The van der Waals surface area contributed by atoms with Gasteiger partial charge in [0.15, 0.2) is 17.2 Å². The van der Waals surface area contributed by atoms with Crippen molar-refractivity contribution < 1.29 is 9.13 Å². The van der Waals surface area contributed by atoms with Gasteiger partial charge in [-0.15, -0.1) is 6.42 Å². The lowest BCUT2D eigenvalue weighted by Crippen LogP contribution is -2.22. The van der Waals surface area contributed by atoms with Gasteiger partial charge in [0.1, 0.15) is 5.82 Å². The molecule has 0 unspecified atom stereocenters. The van der Waals surface area contributed by atoms with Gasteiger partial charge in [-0.1, -0.05) is 18.1 Å². The number of hydrogen-bond acceptors (Lipinski definition) is 4. The summed E-state index contributed by atoms with van der Waals surface area (Å²) < 4.78 is 20.4. The lowest BCUT2D eigenvalue weighted by Gasteiger charge is -2.11. The van der Waals surface area contributed by atoms with Gasteiger partial charge in [0.2, 0.25) is 0 Å². The van der Waals surface area contributed by atoms with Gasteiger partial charge in [0, 0.05) is 11.8 Å². The number of rotatable bonds is 4. The Morgan fingerprint density at radius 2 is 1.93 bits per heavy atom. The molecule has 4 aromatic rings. The molecule has 0 amide bonds. The van der Waals surface area contributed by atoms with E-state index in [-0.39, 0.29) is 11.3 Å².